The van der Waals surface area contributed by atoms with Crippen molar-refractivity contribution in [2.24, 2.45) is 4.99 Å². The Morgan fingerprint density at radius 3 is 2.52 bits per heavy atom. The summed E-state index contributed by atoms with van der Waals surface area (Å²) in [6.45, 7) is 3.69. The van der Waals surface area contributed by atoms with E-state index in [2.05, 4.69) is 9.89 Å². The van der Waals surface area contributed by atoms with Gasteiger partial charge in [0, 0.05) is 24.7 Å². The number of hydrogen-bond donors (Lipinski definition) is 0. The van der Waals surface area contributed by atoms with E-state index in [1.807, 2.05) is 24.3 Å². The SMILES string of the molecule is CC(=O)c1ccc(N=Cc2ccc(N3CCCC3)o2)cc1. The average Bonchev–Trinajstić information content (AvgIpc) is 3.16. The van der Waals surface area contributed by atoms with Crippen LogP contribution >= 0.6 is 0 Å². The van der Waals surface area contributed by atoms with Crippen LogP contribution in [0, 0.1) is 0 Å². The molecule has 2 heterocycles. The van der Waals surface area contributed by atoms with Crippen LogP contribution in [-0.4, -0.2) is 25.1 Å². The summed E-state index contributed by atoms with van der Waals surface area (Å²) in [5.74, 6) is 1.72. The largest absolute Gasteiger partial charge is 0.440 e. The van der Waals surface area contributed by atoms with Crippen molar-refractivity contribution in [2.45, 2.75) is 19.8 Å². The summed E-state index contributed by atoms with van der Waals surface area (Å²) in [6.07, 6.45) is 4.17. The molecule has 0 radical (unpaired) electrons. The van der Waals surface area contributed by atoms with Gasteiger partial charge in [-0.2, -0.15) is 0 Å². The number of rotatable bonds is 4. The number of hydrogen-bond acceptors (Lipinski definition) is 4. The molecule has 0 bridgehead atoms. The number of carbonyl (C=O) groups excluding carboxylic acids is 1. The molecule has 0 unspecified atom stereocenters. The summed E-state index contributed by atoms with van der Waals surface area (Å²) in [7, 11) is 0. The second-order valence-corrected chi connectivity index (χ2v) is 5.23. The Kier molecular flexibility index (Phi) is 3.86. The highest BCUT2D eigenvalue weighted by molar-refractivity contribution is 5.94. The van der Waals surface area contributed by atoms with E-state index in [0.717, 1.165) is 30.4 Å². The normalized spacial score (nSPS) is 15.0. The molecule has 1 saturated heterocycles. The molecule has 4 heteroatoms. The van der Waals surface area contributed by atoms with Gasteiger partial charge in [0.2, 0.25) is 0 Å². The van der Waals surface area contributed by atoms with Gasteiger partial charge < -0.3 is 9.32 Å². The summed E-state index contributed by atoms with van der Waals surface area (Å²) in [4.78, 5) is 17.8. The van der Waals surface area contributed by atoms with Gasteiger partial charge >= 0.3 is 0 Å². The van der Waals surface area contributed by atoms with Crippen LogP contribution in [0.15, 0.2) is 45.8 Å². The van der Waals surface area contributed by atoms with Crippen LogP contribution in [0.5, 0.6) is 0 Å². The molecule has 2 aromatic rings. The zero-order chi connectivity index (χ0) is 14.7. The Morgan fingerprint density at radius 1 is 1.14 bits per heavy atom. The third-order valence-electron chi connectivity index (χ3n) is 3.65. The van der Waals surface area contributed by atoms with Gasteiger partial charge in [-0.05, 0) is 50.1 Å². The third-order valence-corrected chi connectivity index (χ3v) is 3.65. The highest BCUT2D eigenvalue weighted by Gasteiger charge is 2.14. The first-order valence-corrected chi connectivity index (χ1v) is 7.22. The van der Waals surface area contributed by atoms with Crippen LogP contribution in [0.4, 0.5) is 11.6 Å². The molecule has 108 valence electrons. The van der Waals surface area contributed by atoms with Gasteiger partial charge in [-0.1, -0.05) is 0 Å². The lowest BCUT2D eigenvalue weighted by atomic mass is 10.1. The topological polar surface area (TPSA) is 45.8 Å². The second kappa shape index (κ2) is 5.95. The minimum Gasteiger partial charge on any atom is -0.440 e. The number of Topliss-reactive ketones (excluding diaryl/α,β-unsaturated/α-hetero) is 1. The van der Waals surface area contributed by atoms with Crippen molar-refractivity contribution in [3.63, 3.8) is 0 Å². The lowest BCUT2D eigenvalue weighted by Crippen LogP contribution is -2.16. The van der Waals surface area contributed by atoms with Crippen LogP contribution < -0.4 is 4.90 Å². The monoisotopic (exact) mass is 282 g/mol. The van der Waals surface area contributed by atoms with Crippen molar-refractivity contribution < 1.29 is 9.21 Å². The van der Waals surface area contributed by atoms with Gasteiger partial charge in [0.1, 0.15) is 5.76 Å². The van der Waals surface area contributed by atoms with Crippen molar-refractivity contribution in [3.05, 3.63) is 47.7 Å². The summed E-state index contributed by atoms with van der Waals surface area (Å²) >= 11 is 0. The highest BCUT2D eigenvalue weighted by Crippen LogP contribution is 2.22. The number of aliphatic imine (C=N–C) groups is 1. The van der Waals surface area contributed by atoms with Crippen LogP contribution in [0.3, 0.4) is 0 Å². The van der Waals surface area contributed by atoms with Crippen molar-refractivity contribution in [2.75, 3.05) is 18.0 Å². The Hall–Kier alpha value is -2.36. The summed E-state index contributed by atoms with van der Waals surface area (Å²) in [5.41, 5.74) is 1.50. The van der Waals surface area contributed by atoms with Crippen LogP contribution in [-0.2, 0) is 0 Å². The molecule has 1 aliphatic heterocycles. The van der Waals surface area contributed by atoms with E-state index >= 15 is 0 Å². The van der Waals surface area contributed by atoms with E-state index in [1.54, 1.807) is 25.3 Å². The highest BCUT2D eigenvalue weighted by atomic mass is 16.4. The summed E-state index contributed by atoms with van der Waals surface area (Å²) in [5, 5.41) is 0. The fourth-order valence-electron chi connectivity index (χ4n) is 2.44. The van der Waals surface area contributed by atoms with E-state index in [-0.39, 0.29) is 5.78 Å². The number of furan rings is 1. The molecule has 0 N–H and O–H groups in total. The molecule has 1 aliphatic rings. The number of anilines is 1. The first-order valence-electron chi connectivity index (χ1n) is 7.22. The number of nitrogens with zero attached hydrogens (tertiary/aromatic N) is 2. The molecule has 4 nitrogen and oxygen atoms in total. The van der Waals surface area contributed by atoms with Gasteiger partial charge in [0.25, 0.3) is 0 Å². The molecule has 0 saturated carbocycles. The molecule has 0 aliphatic carbocycles. The lowest BCUT2D eigenvalue weighted by molar-refractivity contribution is 0.101. The van der Waals surface area contributed by atoms with E-state index < -0.39 is 0 Å². The molecule has 1 aromatic carbocycles. The van der Waals surface area contributed by atoms with Crippen LogP contribution in [0.25, 0.3) is 0 Å². The maximum atomic E-state index is 11.2. The minimum absolute atomic E-state index is 0.0619. The molecular formula is C17H18N2O2. The molecule has 21 heavy (non-hydrogen) atoms. The summed E-state index contributed by atoms with van der Waals surface area (Å²) in [6, 6.07) is 11.2. The van der Waals surface area contributed by atoms with E-state index in [0.29, 0.717) is 5.56 Å². The van der Waals surface area contributed by atoms with Gasteiger partial charge in [0.05, 0.1) is 11.9 Å². The standard InChI is InChI=1S/C17H18N2O2/c1-13(20)14-4-6-15(7-5-14)18-12-16-8-9-17(21-16)19-10-2-3-11-19/h4-9,12H,2-3,10-11H2,1H3. The van der Waals surface area contributed by atoms with Gasteiger partial charge in [0.15, 0.2) is 11.7 Å². The predicted molar refractivity (Wildman–Crippen MR) is 83.9 cm³/mol. The predicted octanol–water partition coefficient (Wildman–Crippen LogP) is 3.83. The molecule has 1 aromatic heterocycles. The molecule has 0 spiro atoms. The van der Waals surface area contributed by atoms with Crippen molar-refractivity contribution >= 4 is 23.6 Å². The van der Waals surface area contributed by atoms with Crippen molar-refractivity contribution in [3.8, 4) is 0 Å². The molecule has 3 rings (SSSR count). The Morgan fingerprint density at radius 2 is 1.86 bits per heavy atom. The zero-order valence-electron chi connectivity index (χ0n) is 12.1. The number of carbonyl (C=O) groups is 1. The minimum atomic E-state index is 0.0619. The van der Waals surface area contributed by atoms with Crippen molar-refractivity contribution in [1.29, 1.82) is 0 Å². The summed E-state index contributed by atoms with van der Waals surface area (Å²) < 4.78 is 5.77. The number of benzene rings is 1. The van der Waals surface area contributed by atoms with E-state index in [9.17, 15) is 4.79 Å². The fraction of sp³-hybridized carbons (Fsp3) is 0.294. The Balaban J connectivity index is 1.69. The Labute approximate surface area is 124 Å². The maximum absolute atomic E-state index is 11.2. The van der Waals surface area contributed by atoms with E-state index in [1.165, 1.54) is 12.8 Å². The molecule has 0 atom stereocenters. The fourth-order valence-corrected chi connectivity index (χ4v) is 2.44. The van der Waals surface area contributed by atoms with Gasteiger partial charge in [-0.15, -0.1) is 0 Å². The van der Waals surface area contributed by atoms with Gasteiger partial charge in [-0.3, -0.25) is 9.79 Å². The number of ketones is 1. The zero-order valence-corrected chi connectivity index (χ0v) is 12.1. The third kappa shape index (κ3) is 3.21. The average molecular weight is 282 g/mol. The van der Waals surface area contributed by atoms with E-state index in [4.69, 9.17) is 4.42 Å². The molecule has 1 fully saturated rings. The van der Waals surface area contributed by atoms with Crippen molar-refractivity contribution in [1.82, 2.24) is 0 Å². The smallest absolute Gasteiger partial charge is 0.196 e. The lowest BCUT2D eigenvalue weighted by Gasteiger charge is -2.12. The Bertz CT molecular complexity index is 650. The maximum Gasteiger partial charge on any atom is 0.196 e. The molecular weight excluding hydrogens is 264 g/mol. The molecule has 0 amide bonds. The van der Waals surface area contributed by atoms with Gasteiger partial charge in [-0.25, -0.2) is 0 Å². The quantitative estimate of drug-likeness (QED) is 0.632. The van der Waals surface area contributed by atoms with Crippen LogP contribution in [0.1, 0.15) is 35.9 Å². The second-order valence-electron chi connectivity index (χ2n) is 5.23. The first-order chi connectivity index (χ1) is 10.2. The first kappa shape index (κ1) is 13.6. The van der Waals surface area contributed by atoms with Crippen LogP contribution in [0.2, 0.25) is 0 Å².